The van der Waals surface area contributed by atoms with Crippen molar-refractivity contribution < 1.29 is 44.5 Å². The van der Waals surface area contributed by atoms with Crippen molar-refractivity contribution in [2.24, 2.45) is 0 Å². The van der Waals surface area contributed by atoms with Gasteiger partial charge in [-0.3, -0.25) is 20.2 Å². The molecular formula is C13H10N3NaO5. The molecule has 2 rings (SSSR count). The number of rotatable bonds is 4. The summed E-state index contributed by atoms with van der Waals surface area (Å²) in [4.78, 5) is 20.2. The number of nitro groups is 2. The third-order valence-corrected chi connectivity index (χ3v) is 2.88. The van der Waals surface area contributed by atoms with Crippen molar-refractivity contribution >= 4 is 22.7 Å². The van der Waals surface area contributed by atoms with E-state index in [1.807, 2.05) is 0 Å². The molecule has 22 heavy (non-hydrogen) atoms. The minimum atomic E-state index is -0.738. The van der Waals surface area contributed by atoms with Crippen molar-refractivity contribution in [3.8, 4) is 5.75 Å². The molecule has 0 bridgehead atoms. The van der Waals surface area contributed by atoms with E-state index in [4.69, 9.17) is 0 Å². The van der Waals surface area contributed by atoms with E-state index in [0.717, 1.165) is 12.1 Å². The van der Waals surface area contributed by atoms with Crippen LogP contribution in [0.15, 0.2) is 36.4 Å². The average molecular weight is 311 g/mol. The Hall–Kier alpha value is -2.16. The van der Waals surface area contributed by atoms with Crippen LogP contribution >= 0.6 is 0 Å². The van der Waals surface area contributed by atoms with Gasteiger partial charge < -0.3 is 10.4 Å². The van der Waals surface area contributed by atoms with Crippen LogP contribution in [0.5, 0.6) is 5.75 Å². The van der Waals surface area contributed by atoms with Gasteiger partial charge in [-0.2, -0.15) is 0 Å². The average Bonchev–Trinajstić information content (AvgIpc) is 2.42. The predicted molar refractivity (Wildman–Crippen MR) is 73.7 cm³/mol. The maximum atomic E-state index is 11.8. The van der Waals surface area contributed by atoms with E-state index in [-0.39, 0.29) is 52.4 Å². The molecule has 9 heteroatoms. The molecule has 0 spiro atoms. The van der Waals surface area contributed by atoms with Gasteiger partial charge in [-0.05, 0) is 18.6 Å². The molecule has 0 aliphatic heterocycles. The molecule has 0 aromatic heterocycles. The van der Waals surface area contributed by atoms with E-state index in [1.165, 1.54) is 12.1 Å². The number of nitrogens with zero attached hydrogens (tertiary/aromatic N) is 2. The summed E-state index contributed by atoms with van der Waals surface area (Å²) in [5, 5.41) is 36.1. The zero-order chi connectivity index (χ0) is 15.6. The van der Waals surface area contributed by atoms with Crippen LogP contribution in [0.4, 0.5) is 22.7 Å². The largest absolute Gasteiger partial charge is 1.00 e. The number of nitro benzene ring substituents is 2. The Morgan fingerprint density at radius 2 is 1.73 bits per heavy atom. The number of hydrogen-bond donors (Lipinski definition) is 1. The van der Waals surface area contributed by atoms with Gasteiger partial charge in [0.05, 0.1) is 15.9 Å². The van der Waals surface area contributed by atoms with Gasteiger partial charge in [0.1, 0.15) is 5.69 Å². The Kier molecular flexibility index (Phi) is 5.86. The summed E-state index contributed by atoms with van der Waals surface area (Å²) in [5.41, 5.74) is -0.00663. The normalized spacial score (nSPS) is 9.68. The number of nitrogens with one attached hydrogen (secondary N) is 1. The fourth-order valence-corrected chi connectivity index (χ4v) is 1.83. The van der Waals surface area contributed by atoms with Crippen molar-refractivity contribution in [3.63, 3.8) is 0 Å². The third-order valence-electron chi connectivity index (χ3n) is 2.88. The fourth-order valence-electron chi connectivity index (χ4n) is 1.83. The molecule has 0 aliphatic rings. The van der Waals surface area contributed by atoms with Gasteiger partial charge in [0, 0.05) is 11.8 Å². The quantitative estimate of drug-likeness (QED) is 0.467. The fraction of sp³-hybridized carbons (Fsp3) is 0.0769. The maximum Gasteiger partial charge on any atom is 1.00 e. The van der Waals surface area contributed by atoms with Crippen LogP contribution in [-0.2, 0) is 0 Å². The monoisotopic (exact) mass is 311 g/mol. The molecule has 0 aliphatic carbocycles. The standard InChI is InChI=1S/C13H11N3O5.Na/c1-8-3-2-4-12(17)13(8)14-10-6-5-9(15(18)19)7-11(10)16(20)21;/h2-7,14,17H,1H3;/q;+1/p-1. The summed E-state index contributed by atoms with van der Waals surface area (Å²) in [7, 11) is 0. The minimum Gasteiger partial charge on any atom is -0.871 e. The van der Waals surface area contributed by atoms with Crippen LogP contribution in [0.2, 0.25) is 0 Å². The molecule has 108 valence electrons. The second-order valence-electron chi connectivity index (χ2n) is 4.29. The van der Waals surface area contributed by atoms with E-state index in [2.05, 4.69) is 5.32 Å². The Morgan fingerprint density at radius 3 is 2.27 bits per heavy atom. The number of aryl methyl sites for hydroxylation is 1. The Bertz CT molecular complexity index is 715. The predicted octanol–water partition coefficient (Wildman–Crippen LogP) is -0.367. The van der Waals surface area contributed by atoms with Gasteiger partial charge in [-0.25, -0.2) is 0 Å². The smallest absolute Gasteiger partial charge is 0.871 e. The first-order valence-corrected chi connectivity index (χ1v) is 5.86. The molecule has 2 aromatic carbocycles. The van der Waals surface area contributed by atoms with Crippen LogP contribution in [0.1, 0.15) is 5.56 Å². The molecule has 0 saturated heterocycles. The van der Waals surface area contributed by atoms with Crippen molar-refractivity contribution in [2.45, 2.75) is 6.92 Å². The van der Waals surface area contributed by atoms with Crippen LogP contribution < -0.4 is 40.0 Å². The van der Waals surface area contributed by atoms with Gasteiger partial charge >= 0.3 is 29.6 Å². The Balaban J connectivity index is 0.00000242. The molecule has 8 nitrogen and oxygen atoms in total. The summed E-state index contributed by atoms with van der Waals surface area (Å²) in [6.45, 7) is 1.68. The number of anilines is 2. The summed E-state index contributed by atoms with van der Waals surface area (Å²) in [6.07, 6.45) is 0. The first-order chi connectivity index (χ1) is 9.90. The first kappa shape index (κ1) is 17.9. The van der Waals surface area contributed by atoms with Gasteiger partial charge in [0.2, 0.25) is 0 Å². The zero-order valence-electron chi connectivity index (χ0n) is 11.9. The van der Waals surface area contributed by atoms with Crippen molar-refractivity contribution in [1.29, 1.82) is 0 Å². The minimum absolute atomic E-state index is 0. The first-order valence-electron chi connectivity index (χ1n) is 5.86. The van der Waals surface area contributed by atoms with Crippen LogP contribution in [0.25, 0.3) is 0 Å². The molecule has 0 amide bonds. The summed E-state index contributed by atoms with van der Waals surface area (Å²) in [5.74, 6) is -0.317. The Labute approximate surface area is 147 Å². The molecule has 0 saturated carbocycles. The number of hydrogen-bond acceptors (Lipinski definition) is 6. The van der Waals surface area contributed by atoms with Gasteiger partial charge in [-0.1, -0.05) is 23.9 Å². The molecule has 0 unspecified atom stereocenters. The Morgan fingerprint density at radius 1 is 1.05 bits per heavy atom. The van der Waals surface area contributed by atoms with Crippen LogP contribution in [0.3, 0.4) is 0 Å². The summed E-state index contributed by atoms with van der Waals surface area (Å²) < 4.78 is 0. The molecule has 0 heterocycles. The van der Waals surface area contributed by atoms with Gasteiger partial charge in [0.15, 0.2) is 0 Å². The summed E-state index contributed by atoms with van der Waals surface area (Å²) in [6, 6.07) is 7.78. The van der Waals surface area contributed by atoms with E-state index in [9.17, 15) is 25.3 Å². The van der Waals surface area contributed by atoms with Crippen molar-refractivity contribution in [2.75, 3.05) is 5.32 Å². The zero-order valence-corrected chi connectivity index (χ0v) is 13.9. The molecule has 0 fully saturated rings. The SMILES string of the molecule is Cc1cccc([O-])c1Nc1ccc([N+](=O)[O-])cc1[N+](=O)[O-].[Na+]. The van der Waals surface area contributed by atoms with E-state index < -0.39 is 15.5 Å². The maximum absolute atomic E-state index is 11.8. The van der Waals surface area contributed by atoms with E-state index >= 15 is 0 Å². The van der Waals surface area contributed by atoms with E-state index in [0.29, 0.717) is 5.56 Å². The van der Waals surface area contributed by atoms with E-state index in [1.54, 1.807) is 19.1 Å². The molecular weight excluding hydrogens is 301 g/mol. The summed E-state index contributed by atoms with van der Waals surface area (Å²) >= 11 is 0. The van der Waals surface area contributed by atoms with Gasteiger partial charge in [-0.15, -0.1) is 0 Å². The molecule has 0 radical (unpaired) electrons. The molecule has 0 atom stereocenters. The van der Waals surface area contributed by atoms with Crippen molar-refractivity contribution in [1.82, 2.24) is 0 Å². The third kappa shape index (κ3) is 3.73. The topological polar surface area (TPSA) is 121 Å². The molecule has 2 aromatic rings. The second-order valence-corrected chi connectivity index (χ2v) is 4.29. The van der Waals surface area contributed by atoms with Gasteiger partial charge in [0.25, 0.3) is 11.4 Å². The second kappa shape index (κ2) is 7.21. The number of para-hydroxylation sites is 1. The number of non-ortho nitro benzene ring substituents is 1. The number of benzene rings is 2. The molecule has 1 N–H and O–H groups in total. The van der Waals surface area contributed by atoms with Crippen LogP contribution in [0, 0.1) is 27.2 Å². The van der Waals surface area contributed by atoms with Crippen LogP contribution in [-0.4, -0.2) is 9.85 Å². The van der Waals surface area contributed by atoms with Crippen molar-refractivity contribution in [3.05, 3.63) is 62.2 Å².